The Balaban J connectivity index is 3.75. The van der Waals surface area contributed by atoms with Gasteiger partial charge in [0, 0.05) is 21.9 Å². The first-order chi connectivity index (χ1) is 9.82. The van der Waals surface area contributed by atoms with Gasteiger partial charge < -0.3 is 21.9 Å². The summed E-state index contributed by atoms with van der Waals surface area (Å²) in [5.74, 6) is -1.01. The van der Waals surface area contributed by atoms with E-state index in [1.807, 2.05) is 0 Å². The Bertz CT molecular complexity index is 363. The van der Waals surface area contributed by atoms with Gasteiger partial charge >= 0.3 is 12.0 Å². The second kappa shape index (κ2) is 11.1. The van der Waals surface area contributed by atoms with Gasteiger partial charge in [0.25, 0.3) is 0 Å². The zero-order chi connectivity index (χ0) is 16.3. The average Bonchev–Trinajstić information content (AvgIpc) is 2.39. The van der Waals surface area contributed by atoms with Crippen LogP contribution in [0.15, 0.2) is 4.99 Å². The Morgan fingerprint density at radius 2 is 2.00 bits per heavy atom. The molecule has 0 bridgehead atoms. The molecule has 0 aliphatic heterocycles. The lowest BCUT2D eigenvalue weighted by Crippen LogP contribution is -2.43. The third-order valence-electron chi connectivity index (χ3n) is 2.65. The summed E-state index contributed by atoms with van der Waals surface area (Å²) in [6.07, 6.45) is 1.77. The van der Waals surface area contributed by atoms with Crippen molar-refractivity contribution in [3.63, 3.8) is 0 Å². The Morgan fingerprint density at radius 3 is 2.57 bits per heavy atom. The van der Waals surface area contributed by atoms with Gasteiger partial charge in [0.15, 0.2) is 5.96 Å². The molecule has 2 amide bonds. The number of nitrogens with zero attached hydrogens (tertiary/aromatic N) is 1. The lowest BCUT2D eigenvalue weighted by Gasteiger charge is -2.08. The van der Waals surface area contributed by atoms with Gasteiger partial charge in [0.05, 0.1) is 0 Å². The number of carbonyl (C=O) groups excluding carboxylic acids is 1. The van der Waals surface area contributed by atoms with Crippen LogP contribution in [0.25, 0.3) is 0 Å². The van der Waals surface area contributed by atoms with E-state index in [4.69, 9.17) is 16.6 Å². The maximum Gasteiger partial charge on any atom is 0.321 e. The van der Waals surface area contributed by atoms with Crippen LogP contribution in [0.1, 0.15) is 19.3 Å². The topological polar surface area (TPSA) is 143 Å². The van der Waals surface area contributed by atoms with Crippen LogP contribution in [-0.2, 0) is 4.79 Å². The number of nitrogens with one attached hydrogen (secondary N) is 2. The van der Waals surface area contributed by atoms with Crippen LogP contribution in [0.5, 0.6) is 0 Å². The molecule has 0 unspecified atom stereocenters. The van der Waals surface area contributed by atoms with Crippen LogP contribution in [0.4, 0.5) is 4.79 Å². The van der Waals surface area contributed by atoms with Crippen LogP contribution < -0.4 is 22.1 Å². The van der Waals surface area contributed by atoms with Crippen molar-refractivity contribution in [2.45, 2.75) is 44.4 Å². The summed E-state index contributed by atoms with van der Waals surface area (Å²) in [7, 11) is -0.255. The highest BCUT2D eigenvalue weighted by atomic mass is 28.3. The first-order valence-corrected chi connectivity index (χ1v) is 9.65. The SMILES string of the molecule is C[Si](C)CCCNC(=O)NC(N)=NCCC[C@H](N)C(=O)O. The maximum atomic E-state index is 11.5. The van der Waals surface area contributed by atoms with Crippen molar-refractivity contribution in [3.8, 4) is 0 Å². The van der Waals surface area contributed by atoms with Crippen LogP contribution in [0.3, 0.4) is 0 Å². The zero-order valence-corrected chi connectivity index (χ0v) is 13.7. The number of aliphatic imine (C=N–C) groups is 1. The number of rotatable bonds is 9. The largest absolute Gasteiger partial charge is 0.480 e. The van der Waals surface area contributed by atoms with E-state index in [0.29, 0.717) is 25.9 Å². The number of carboxylic acid groups (broad SMARTS) is 1. The van der Waals surface area contributed by atoms with Crippen molar-refractivity contribution in [2.24, 2.45) is 16.5 Å². The molecule has 8 nitrogen and oxygen atoms in total. The van der Waals surface area contributed by atoms with E-state index in [-0.39, 0.29) is 20.8 Å². The summed E-state index contributed by atoms with van der Waals surface area (Å²) in [6.45, 7) is 5.39. The van der Waals surface area contributed by atoms with Crippen molar-refractivity contribution >= 4 is 26.8 Å². The lowest BCUT2D eigenvalue weighted by molar-refractivity contribution is -0.138. The highest BCUT2D eigenvalue weighted by Gasteiger charge is 2.10. The molecular weight excluding hydrogens is 290 g/mol. The van der Waals surface area contributed by atoms with E-state index in [9.17, 15) is 9.59 Å². The minimum atomic E-state index is -1.03. The van der Waals surface area contributed by atoms with Crippen molar-refractivity contribution < 1.29 is 14.7 Å². The normalized spacial score (nSPS) is 13.0. The zero-order valence-electron chi connectivity index (χ0n) is 12.7. The number of amides is 2. The molecule has 0 aliphatic carbocycles. The summed E-state index contributed by atoms with van der Waals surface area (Å²) in [5.41, 5.74) is 10.9. The second-order valence-electron chi connectivity index (χ2n) is 5.05. The molecule has 0 saturated carbocycles. The Kier molecular flexibility index (Phi) is 10.2. The number of guanidine groups is 1. The highest BCUT2D eigenvalue weighted by Crippen LogP contribution is 1.95. The van der Waals surface area contributed by atoms with Gasteiger partial charge in [-0.15, -0.1) is 0 Å². The fraction of sp³-hybridized carbons (Fsp3) is 0.750. The smallest absolute Gasteiger partial charge is 0.321 e. The number of carbonyl (C=O) groups is 2. The molecule has 0 spiro atoms. The van der Waals surface area contributed by atoms with Gasteiger partial charge in [-0.3, -0.25) is 15.1 Å². The molecule has 0 heterocycles. The van der Waals surface area contributed by atoms with E-state index in [1.54, 1.807) is 0 Å². The number of urea groups is 1. The molecule has 9 heteroatoms. The van der Waals surface area contributed by atoms with Crippen LogP contribution in [0.2, 0.25) is 19.1 Å². The van der Waals surface area contributed by atoms with Crippen LogP contribution in [-0.4, -0.2) is 51.0 Å². The number of hydrogen-bond acceptors (Lipinski definition) is 4. The van der Waals surface area contributed by atoms with Crippen molar-refractivity contribution in [1.82, 2.24) is 10.6 Å². The third-order valence-corrected chi connectivity index (χ3v) is 4.01. The van der Waals surface area contributed by atoms with Crippen molar-refractivity contribution in [3.05, 3.63) is 0 Å². The molecule has 0 fully saturated rings. The molecule has 0 aliphatic rings. The molecule has 0 aromatic heterocycles. The van der Waals surface area contributed by atoms with Gasteiger partial charge in [-0.2, -0.15) is 0 Å². The minimum absolute atomic E-state index is 0.0205. The summed E-state index contributed by atoms with van der Waals surface area (Å²) in [5, 5.41) is 13.7. The Hall–Kier alpha value is -1.61. The molecule has 0 rings (SSSR count). The molecule has 121 valence electrons. The number of nitrogens with two attached hydrogens (primary N) is 2. The van der Waals surface area contributed by atoms with Gasteiger partial charge in [-0.05, 0) is 19.3 Å². The van der Waals surface area contributed by atoms with E-state index >= 15 is 0 Å². The van der Waals surface area contributed by atoms with E-state index in [1.165, 1.54) is 0 Å². The van der Waals surface area contributed by atoms with E-state index < -0.39 is 12.0 Å². The molecular formula is C12H26N5O3Si. The molecule has 7 N–H and O–H groups in total. The Morgan fingerprint density at radius 1 is 1.33 bits per heavy atom. The fourth-order valence-electron chi connectivity index (χ4n) is 1.48. The summed E-state index contributed by atoms with van der Waals surface area (Å²) >= 11 is 0. The van der Waals surface area contributed by atoms with Gasteiger partial charge in [-0.1, -0.05) is 19.1 Å². The number of aliphatic carboxylic acids is 1. The average molecular weight is 316 g/mol. The number of hydrogen-bond donors (Lipinski definition) is 5. The summed E-state index contributed by atoms with van der Waals surface area (Å²) in [4.78, 5) is 25.9. The standard InChI is InChI=1S/C12H26N5O3Si/c1-21(2)8-4-7-16-12(20)17-11(14)15-6-3-5-9(13)10(18)19/h9H,3-8,13H2,1-2H3,(H,18,19)(H4,14,15,16,17,20)/t9-/m0/s1. The highest BCUT2D eigenvalue weighted by molar-refractivity contribution is 6.55. The van der Waals surface area contributed by atoms with Crippen LogP contribution >= 0.6 is 0 Å². The number of carboxylic acids is 1. The summed E-state index contributed by atoms with van der Waals surface area (Å²) in [6, 6.07) is -0.112. The molecule has 21 heavy (non-hydrogen) atoms. The molecule has 1 radical (unpaired) electrons. The minimum Gasteiger partial charge on any atom is -0.480 e. The molecule has 0 saturated heterocycles. The molecule has 0 aromatic rings. The predicted octanol–water partition coefficient (Wildman–Crippen LogP) is -0.0631. The lowest BCUT2D eigenvalue weighted by atomic mass is 10.2. The van der Waals surface area contributed by atoms with Crippen molar-refractivity contribution in [2.75, 3.05) is 13.1 Å². The quantitative estimate of drug-likeness (QED) is 0.175. The second-order valence-corrected chi connectivity index (χ2v) is 7.96. The van der Waals surface area contributed by atoms with Crippen LogP contribution in [0, 0.1) is 0 Å². The monoisotopic (exact) mass is 316 g/mol. The van der Waals surface area contributed by atoms with E-state index in [2.05, 4.69) is 28.7 Å². The maximum absolute atomic E-state index is 11.5. The molecule has 1 atom stereocenters. The first kappa shape index (κ1) is 19.4. The van der Waals surface area contributed by atoms with Crippen molar-refractivity contribution in [1.29, 1.82) is 0 Å². The molecule has 0 aromatic carbocycles. The fourth-order valence-corrected chi connectivity index (χ4v) is 2.36. The summed E-state index contributed by atoms with van der Waals surface area (Å²) < 4.78 is 0. The Labute approximate surface area is 127 Å². The predicted molar refractivity (Wildman–Crippen MR) is 84.8 cm³/mol. The third kappa shape index (κ3) is 11.9. The van der Waals surface area contributed by atoms with E-state index in [0.717, 1.165) is 12.5 Å². The first-order valence-electron chi connectivity index (χ1n) is 6.95. The van der Waals surface area contributed by atoms with Gasteiger partial charge in [0.1, 0.15) is 6.04 Å². The van der Waals surface area contributed by atoms with Gasteiger partial charge in [0.2, 0.25) is 0 Å². The van der Waals surface area contributed by atoms with Gasteiger partial charge in [-0.25, -0.2) is 4.79 Å².